The van der Waals surface area contributed by atoms with Gasteiger partial charge in [-0.25, -0.2) is 4.99 Å². The largest absolute Gasteiger partial charge is 0.357 e. The number of aliphatic imine (C=N–C) groups is 1. The second-order valence-electron chi connectivity index (χ2n) is 5.63. The van der Waals surface area contributed by atoms with Crippen molar-refractivity contribution in [2.24, 2.45) is 4.99 Å². The molecular weight excluding hydrogens is 459 g/mol. The topological polar surface area (TPSA) is 49.3 Å². The molecule has 136 valence electrons. The molecule has 0 spiro atoms. The molecule has 1 heterocycles. The number of benzene rings is 2. The molecule has 0 saturated carbocycles. The zero-order valence-corrected chi connectivity index (χ0v) is 17.7. The third-order valence-corrected chi connectivity index (χ3v) is 4.24. The van der Waals surface area contributed by atoms with E-state index in [9.17, 15) is 0 Å². The third-order valence-electron chi connectivity index (χ3n) is 3.87. The maximum Gasteiger partial charge on any atom is 0.191 e. The fraction of sp³-hybridized carbons (Fsp3) is 0.200. The lowest BCUT2D eigenvalue weighted by Crippen LogP contribution is -2.36. The van der Waals surface area contributed by atoms with Crippen LogP contribution in [0, 0.1) is 0 Å². The molecule has 4 nitrogen and oxygen atoms in total. The van der Waals surface area contributed by atoms with Gasteiger partial charge in [-0.15, -0.1) is 24.0 Å². The van der Waals surface area contributed by atoms with Gasteiger partial charge in [0.25, 0.3) is 0 Å². The van der Waals surface area contributed by atoms with Crippen molar-refractivity contribution >= 4 is 52.4 Å². The average molecular weight is 481 g/mol. The van der Waals surface area contributed by atoms with E-state index in [4.69, 9.17) is 11.6 Å². The van der Waals surface area contributed by atoms with Crippen LogP contribution in [0.25, 0.3) is 10.9 Å². The number of guanidine groups is 1. The van der Waals surface area contributed by atoms with Crippen LogP contribution in [0.1, 0.15) is 18.1 Å². The van der Waals surface area contributed by atoms with Crippen molar-refractivity contribution < 1.29 is 0 Å². The Labute approximate surface area is 176 Å². The predicted molar refractivity (Wildman–Crippen MR) is 120 cm³/mol. The van der Waals surface area contributed by atoms with E-state index >= 15 is 0 Å². The summed E-state index contributed by atoms with van der Waals surface area (Å²) in [7, 11) is 0. The lowest BCUT2D eigenvalue weighted by atomic mass is 10.1. The van der Waals surface area contributed by atoms with E-state index in [1.54, 1.807) is 0 Å². The maximum absolute atomic E-state index is 6.21. The Morgan fingerprint density at radius 2 is 1.77 bits per heavy atom. The molecule has 1 aromatic heterocycles. The maximum atomic E-state index is 6.21. The van der Waals surface area contributed by atoms with Crippen molar-refractivity contribution in [2.45, 2.75) is 20.0 Å². The highest BCUT2D eigenvalue weighted by molar-refractivity contribution is 14.0. The van der Waals surface area contributed by atoms with Crippen molar-refractivity contribution in [3.8, 4) is 0 Å². The monoisotopic (exact) mass is 480 g/mol. The Balaban J connectivity index is 0.00000243. The van der Waals surface area contributed by atoms with Crippen LogP contribution in [0.4, 0.5) is 0 Å². The van der Waals surface area contributed by atoms with E-state index in [0.29, 0.717) is 13.1 Å². The van der Waals surface area contributed by atoms with Gasteiger partial charge in [-0.1, -0.05) is 54.1 Å². The van der Waals surface area contributed by atoms with Crippen molar-refractivity contribution in [3.63, 3.8) is 0 Å². The lowest BCUT2D eigenvalue weighted by Gasteiger charge is -2.12. The summed E-state index contributed by atoms with van der Waals surface area (Å²) in [5.41, 5.74) is 3.14. The van der Waals surface area contributed by atoms with Gasteiger partial charge in [0.15, 0.2) is 5.96 Å². The van der Waals surface area contributed by atoms with Crippen LogP contribution in [-0.2, 0) is 13.1 Å². The first kappa shape index (κ1) is 20.5. The standard InChI is InChI=1S/C20H21ClN4.HI/c1-2-22-20(24-13-16-7-3-4-11-18(16)21)25-14-17-9-5-8-15-10-6-12-23-19(15)17;/h3-12H,2,13-14H2,1H3,(H2,22,24,25);1H. The van der Waals surface area contributed by atoms with Crippen LogP contribution in [0.3, 0.4) is 0 Å². The van der Waals surface area contributed by atoms with Gasteiger partial charge in [0.05, 0.1) is 12.1 Å². The Bertz CT molecular complexity index is 877. The first-order valence-electron chi connectivity index (χ1n) is 8.36. The fourth-order valence-electron chi connectivity index (χ4n) is 2.62. The number of rotatable bonds is 5. The number of pyridine rings is 1. The van der Waals surface area contributed by atoms with Crippen LogP contribution in [0.2, 0.25) is 5.02 Å². The highest BCUT2D eigenvalue weighted by atomic mass is 127. The van der Waals surface area contributed by atoms with Crippen molar-refractivity contribution in [1.82, 2.24) is 15.6 Å². The van der Waals surface area contributed by atoms with Crippen molar-refractivity contribution in [1.29, 1.82) is 0 Å². The van der Waals surface area contributed by atoms with E-state index in [2.05, 4.69) is 38.8 Å². The second kappa shape index (κ2) is 10.3. The summed E-state index contributed by atoms with van der Waals surface area (Å²) in [5.74, 6) is 0.760. The van der Waals surface area contributed by atoms with Crippen LogP contribution in [0.5, 0.6) is 0 Å². The van der Waals surface area contributed by atoms with Gasteiger partial charge in [0.2, 0.25) is 0 Å². The first-order valence-corrected chi connectivity index (χ1v) is 8.74. The summed E-state index contributed by atoms with van der Waals surface area (Å²) in [6.07, 6.45) is 1.82. The van der Waals surface area contributed by atoms with Crippen LogP contribution in [0.15, 0.2) is 65.8 Å². The van der Waals surface area contributed by atoms with Crippen LogP contribution >= 0.6 is 35.6 Å². The summed E-state index contributed by atoms with van der Waals surface area (Å²) in [6, 6.07) is 18.0. The smallest absolute Gasteiger partial charge is 0.191 e. The Kier molecular flexibility index (Phi) is 8.12. The van der Waals surface area contributed by atoms with Gasteiger partial charge in [-0.3, -0.25) is 4.98 Å². The highest BCUT2D eigenvalue weighted by Gasteiger charge is 2.04. The molecule has 0 amide bonds. The van der Waals surface area contributed by atoms with Gasteiger partial charge >= 0.3 is 0 Å². The van der Waals surface area contributed by atoms with Gasteiger partial charge in [0.1, 0.15) is 0 Å². The van der Waals surface area contributed by atoms with Gasteiger partial charge in [-0.05, 0) is 30.2 Å². The molecule has 3 rings (SSSR count). The van der Waals surface area contributed by atoms with E-state index in [0.717, 1.165) is 39.6 Å². The SMILES string of the molecule is CCNC(=NCc1cccc2cccnc12)NCc1ccccc1Cl.I. The molecular formula is C20H22ClIN4. The molecule has 0 fully saturated rings. The first-order chi connectivity index (χ1) is 12.3. The zero-order chi connectivity index (χ0) is 17.5. The number of aromatic nitrogens is 1. The minimum atomic E-state index is 0. The van der Waals surface area contributed by atoms with E-state index in [1.807, 2.05) is 49.5 Å². The Morgan fingerprint density at radius 1 is 1.00 bits per heavy atom. The molecule has 0 aliphatic heterocycles. The number of nitrogens with zero attached hydrogens (tertiary/aromatic N) is 2. The lowest BCUT2D eigenvalue weighted by molar-refractivity contribution is 0.817. The van der Waals surface area contributed by atoms with E-state index in [-0.39, 0.29) is 24.0 Å². The summed E-state index contributed by atoms with van der Waals surface area (Å²) in [5, 5.41) is 8.48. The molecule has 0 aliphatic rings. The average Bonchev–Trinajstić information content (AvgIpc) is 2.65. The fourth-order valence-corrected chi connectivity index (χ4v) is 2.82. The molecule has 0 atom stereocenters. The molecule has 26 heavy (non-hydrogen) atoms. The summed E-state index contributed by atoms with van der Waals surface area (Å²) in [4.78, 5) is 9.17. The van der Waals surface area contributed by atoms with Crippen molar-refractivity contribution in [3.05, 3.63) is 76.9 Å². The Hall–Kier alpha value is -1.86. The normalized spacial score (nSPS) is 11.1. The molecule has 3 aromatic rings. The molecule has 2 N–H and O–H groups in total. The number of hydrogen-bond acceptors (Lipinski definition) is 2. The predicted octanol–water partition coefficient (Wildman–Crippen LogP) is 4.76. The molecule has 0 saturated heterocycles. The summed E-state index contributed by atoms with van der Waals surface area (Å²) in [6.45, 7) is 4.03. The molecule has 2 aromatic carbocycles. The van der Waals surface area contributed by atoms with Crippen LogP contribution in [-0.4, -0.2) is 17.5 Å². The molecule has 0 aliphatic carbocycles. The van der Waals surface area contributed by atoms with Gasteiger partial charge in [-0.2, -0.15) is 0 Å². The number of para-hydroxylation sites is 1. The third kappa shape index (κ3) is 5.32. The molecule has 0 radical (unpaired) electrons. The van der Waals surface area contributed by atoms with Gasteiger partial charge in [0, 0.05) is 29.7 Å². The van der Waals surface area contributed by atoms with E-state index < -0.39 is 0 Å². The summed E-state index contributed by atoms with van der Waals surface area (Å²) < 4.78 is 0. The zero-order valence-electron chi connectivity index (χ0n) is 14.6. The highest BCUT2D eigenvalue weighted by Crippen LogP contribution is 2.17. The molecule has 0 bridgehead atoms. The quantitative estimate of drug-likeness (QED) is 0.314. The molecule has 0 unspecified atom stereocenters. The number of nitrogens with one attached hydrogen (secondary N) is 2. The second-order valence-corrected chi connectivity index (χ2v) is 6.04. The minimum Gasteiger partial charge on any atom is -0.357 e. The van der Waals surface area contributed by atoms with Gasteiger partial charge < -0.3 is 10.6 Å². The number of fused-ring (bicyclic) bond motifs is 1. The summed E-state index contributed by atoms with van der Waals surface area (Å²) >= 11 is 6.21. The van der Waals surface area contributed by atoms with Crippen molar-refractivity contribution in [2.75, 3.05) is 6.54 Å². The number of hydrogen-bond donors (Lipinski definition) is 2. The van der Waals surface area contributed by atoms with Crippen LogP contribution < -0.4 is 10.6 Å². The Morgan fingerprint density at radius 3 is 2.58 bits per heavy atom. The number of halogens is 2. The minimum absolute atomic E-state index is 0. The van der Waals surface area contributed by atoms with E-state index in [1.165, 1.54) is 0 Å². The molecule has 6 heteroatoms.